The van der Waals surface area contributed by atoms with Crippen molar-refractivity contribution in [2.45, 2.75) is 20.8 Å². The van der Waals surface area contributed by atoms with E-state index in [4.69, 9.17) is 0 Å². The summed E-state index contributed by atoms with van der Waals surface area (Å²) in [7, 11) is 0. The first-order valence-electron chi connectivity index (χ1n) is 8.52. The number of Topliss-reactive ketones (excluding diaryl/α,β-unsaturated/α-hetero) is 1. The van der Waals surface area contributed by atoms with Gasteiger partial charge in [0.1, 0.15) is 0 Å². The molecule has 1 heterocycles. The summed E-state index contributed by atoms with van der Waals surface area (Å²) in [6.07, 6.45) is 0. The molecule has 6 nitrogen and oxygen atoms in total. The van der Waals surface area contributed by atoms with Crippen molar-refractivity contribution in [1.82, 2.24) is 10.2 Å². The van der Waals surface area contributed by atoms with Gasteiger partial charge in [-0.3, -0.25) is 9.59 Å². The number of carbonyl (C=O) groups excluding carboxylic acids is 2. The molecule has 0 radical (unpaired) electrons. The van der Waals surface area contributed by atoms with Gasteiger partial charge >= 0.3 is 0 Å². The van der Waals surface area contributed by atoms with Crippen molar-refractivity contribution in [3.8, 4) is 0 Å². The van der Waals surface area contributed by atoms with Crippen LogP contribution in [0.5, 0.6) is 0 Å². The lowest BCUT2D eigenvalue weighted by Crippen LogP contribution is -2.14. The normalized spacial score (nSPS) is 10.3. The number of aryl methyl sites for hydroxylation is 2. The Morgan fingerprint density at radius 1 is 0.852 bits per heavy atom. The predicted octanol–water partition coefficient (Wildman–Crippen LogP) is 4.29. The summed E-state index contributed by atoms with van der Waals surface area (Å²) in [4.78, 5) is 23.8. The van der Waals surface area contributed by atoms with E-state index in [-0.39, 0.29) is 17.4 Å². The van der Waals surface area contributed by atoms with Gasteiger partial charge in [-0.2, -0.15) is 0 Å². The first-order chi connectivity index (χ1) is 12.9. The van der Waals surface area contributed by atoms with Gasteiger partial charge in [-0.05, 0) is 68.3 Å². The molecule has 0 unspecified atom stereocenters. The molecule has 0 aliphatic heterocycles. The Labute approximate surface area is 157 Å². The molecule has 2 aromatic carbocycles. The average Bonchev–Trinajstić information content (AvgIpc) is 2.61. The van der Waals surface area contributed by atoms with Crippen LogP contribution in [-0.4, -0.2) is 21.9 Å². The van der Waals surface area contributed by atoms with E-state index < -0.39 is 0 Å². The third-order valence-corrected chi connectivity index (χ3v) is 3.92. The number of amides is 1. The highest BCUT2D eigenvalue weighted by Gasteiger charge is 2.10. The summed E-state index contributed by atoms with van der Waals surface area (Å²) in [5.41, 5.74) is 4.43. The van der Waals surface area contributed by atoms with Gasteiger partial charge in [0.05, 0.1) is 0 Å². The van der Waals surface area contributed by atoms with Crippen molar-refractivity contribution in [3.05, 3.63) is 77.0 Å². The summed E-state index contributed by atoms with van der Waals surface area (Å²) in [6.45, 7) is 5.47. The van der Waals surface area contributed by atoms with E-state index in [2.05, 4.69) is 20.8 Å². The lowest BCUT2D eigenvalue weighted by Gasteiger charge is -2.08. The van der Waals surface area contributed by atoms with Crippen LogP contribution in [0.4, 0.5) is 17.2 Å². The second-order valence-corrected chi connectivity index (χ2v) is 6.40. The minimum atomic E-state index is -0.322. The van der Waals surface area contributed by atoms with E-state index in [9.17, 15) is 9.59 Å². The molecule has 3 aromatic rings. The summed E-state index contributed by atoms with van der Waals surface area (Å²) >= 11 is 0. The second kappa shape index (κ2) is 7.78. The fourth-order valence-electron chi connectivity index (χ4n) is 2.73. The number of ketones is 1. The molecule has 0 spiro atoms. The number of aromatic nitrogens is 2. The molecule has 0 atom stereocenters. The zero-order valence-electron chi connectivity index (χ0n) is 15.4. The molecule has 0 bridgehead atoms. The summed E-state index contributed by atoms with van der Waals surface area (Å²) in [6, 6.07) is 16.2. The highest BCUT2D eigenvalue weighted by atomic mass is 16.2. The number of hydrogen-bond donors (Lipinski definition) is 2. The van der Waals surface area contributed by atoms with E-state index in [0.29, 0.717) is 11.4 Å². The van der Waals surface area contributed by atoms with Crippen LogP contribution in [0, 0.1) is 13.8 Å². The Kier molecular flexibility index (Phi) is 5.26. The van der Waals surface area contributed by atoms with E-state index in [1.807, 2.05) is 38.1 Å². The Bertz CT molecular complexity index is 977. The van der Waals surface area contributed by atoms with Crippen molar-refractivity contribution in [2.24, 2.45) is 0 Å². The largest absolute Gasteiger partial charge is 0.339 e. The van der Waals surface area contributed by atoms with Crippen LogP contribution in [0.25, 0.3) is 0 Å². The van der Waals surface area contributed by atoms with Crippen molar-refractivity contribution >= 4 is 28.9 Å². The molecular formula is C21H20N4O2. The topological polar surface area (TPSA) is 84.0 Å². The summed E-state index contributed by atoms with van der Waals surface area (Å²) in [5.74, 6) is 0.152. The Morgan fingerprint density at radius 3 is 2.22 bits per heavy atom. The Hall–Kier alpha value is -3.54. The molecule has 1 aromatic heterocycles. The predicted molar refractivity (Wildman–Crippen MR) is 106 cm³/mol. The third-order valence-electron chi connectivity index (χ3n) is 3.92. The molecule has 0 aliphatic rings. The molecule has 1 amide bonds. The number of nitrogens with zero attached hydrogens (tertiary/aromatic N) is 2. The van der Waals surface area contributed by atoms with Crippen molar-refractivity contribution < 1.29 is 9.59 Å². The van der Waals surface area contributed by atoms with Crippen LogP contribution in [0.2, 0.25) is 0 Å². The van der Waals surface area contributed by atoms with Gasteiger partial charge in [-0.15, -0.1) is 10.2 Å². The number of rotatable bonds is 5. The smallest absolute Gasteiger partial charge is 0.276 e. The number of benzene rings is 2. The van der Waals surface area contributed by atoms with Gasteiger partial charge in [0.2, 0.25) is 0 Å². The lowest BCUT2D eigenvalue weighted by molar-refractivity contribution is 0.101. The van der Waals surface area contributed by atoms with Crippen LogP contribution < -0.4 is 10.6 Å². The fourth-order valence-corrected chi connectivity index (χ4v) is 2.73. The van der Waals surface area contributed by atoms with Gasteiger partial charge in [0.15, 0.2) is 17.3 Å². The molecule has 6 heteroatoms. The summed E-state index contributed by atoms with van der Waals surface area (Å²) < 4.78 is 0. The van der Waals surface area contributed by atoms with Crippen LogP contribution in [-0.2, 0) is 0 Å². The second-order valence-electron chi connectivity index (χ2n) is 6.40. The lowest BCUT2D eigenvalue weighted by atomic mass is 10.1. The molecule has 0 saturated heterocycles. The molecule has 27 heavy (non-hydrogen) atoms. The highest BCUT2D eigenvalue weighted by Crippen LogP contribution is 2.17. The molecule has 136 valence electrons. The molecule has 0 saturated carbocycles. The van der Waals surface area contributed by atoms with E-state index in [1.54, 1.807) is 30.3 Å². The maximum atomic E-state index is 12.4. The van der Waals surface area contributed by atoms with E-state index in [0.717, 1.165) is 22.5 Å². The van der Waals surface area contributed by atoms with Crippen molar-refractivity contribution in [3.63, 3.8) is 0 Å². The monoisotopic (exact) mass is 360 g/mol. The van der Waals surface area contributed by atoms with Gasteiger partial charge in [-0.1, -0.05) is 18.2 Å². The van der Waals surface area contributed by atoms with Crippen LogP contribution in [0.1, 0.15) is 38.9 Å². The fraction of sp³-hybridized carbons (Fsp3) is 0.143. The van der Waals surface area contributed by atoms with E-state index >= 15 is 0 Å². The Balaban J connectivity index is 1.70. The van der Waals surface area contributed by atoms with Gasteiger partial charge in [-0.25, -0.2) is 0 Å². The standard InChI is InChI=1S/C21H20N4O2/c1-13-9-14(2)11-18(10-13)23-21(27)19-7-8-20(25-24-19)22-17-6-4-5-16(12-17)15(3)26/h4-12H,1-3H3,(H,22,25)(H,23,27). The molecule has 3 rings (SSSR count). The van der Waals surface area contributed by atoms with Gasteiger partial charge in [0, 0.05) is 16.9 Å². The summed E-state index contributed by atoms with van der Waals surface area (Å²) in [5, 5.41) is 13.9. The van der Waals surface area contributed by atoms with Crippen LogP contribution in [0.15, 0.2) is 54.6 Å². The van der Waals surface area contributed by atoms with Crippen LogP contribution >= 0.6 is 0 Å². The SMILES string of the molecule is CC(=O)c1cccc(Nc2ccc(C(=O)Nc3cc(C)cc(C)c3)nn2)c1. The zero-order chi connectivity index (χ0) is 19.4. The molecule has 2 N–H and O–H groups in total. The molecule has 0 aliphatic carbocycles. The molecule has 0 fully saturated rings. The minimum Gasteiger partial charge on any atom is -0.339 e. The first kappa shape index (κ1) is 18.3. The third kappa shape index (κ3) is 4.76. The zero-order valence-corrected chi connectivity index (χ0v) is 15.4. The Morgan fingerprint density at radius 2 is 1.59 bits per heavy atom. The maximum absolute atomic E-state index is 12.4. The van der Waals surface area contributed by atoms with Gasteiger partial charge < -0.3 is 10.6 Å². The van der Waals surface area contributed by atoms with E-state index in [1.165, 1.54) is 6.92 Å². The highest BCUT2D eigenvalue weighted by molar-refractivity contribution is 6.02. The van der Waals surface area contributed by atoms with Crippen molar-refractivity contribution in [1.29, 1.82) is 0 Å². The van der Waals surface area contributed by atoms with Crippen molar-refractivity contribution in [2.75, 3.05) is 10.6 Å². The molecular weight excluding hydrogens is 340 g/mol. The number of hydrogen-bond acceptors (Lipinski definition) is 5. The number of nitrogens with one attached hydrogen (secondary N) is 2. The quantitative estimate of drug-likeness (QED) is 0.663. The number of carbonyl (C=O) groups is 2. The average molecular weight is 360 g/mol. The van der Waals surface area contributed by atoms with Crippen LogP contribution in [0.3, 0.4) is 0 Å². The van der Waals surface area contributed by atoms with Gasteiger partial charge in [0.25, 0.3) is 5.91 Å². The maximum Gasteiger partial charge on any atom is 0.276 e. The first-order valence-corrected chi connectivity index (χ1v) is 8.52. The minimum absolute atomic E-state index is 0.0110. The number of anilines is 3.